The molecule has 0 amide bonds. The third-order valence-electron chi connectivity index (χ3n) is 4.31. The summed E-state index contributed by atoms with van der Waals surface area (Å²) in [5, 5.41) is 9.23. The second-order valence-corrected chi connectivity index (χ2v) is 5.93. The quantitative estimate of drug-likeness (QED) is 0.606. The molecule has 0 aliphatic carbocycles. The lowest BCUT2D eigenvalue weighted by atomic mass is 10.00. The molecule has 128 valence electrons. The van der Waals surface area contributed by atoms with Crippen molar-refractivity contribution in [3.8, 4) is 22.5 Å². The highest BCUT2D eigenvalue weighted by Crippen LogP contribution is 2.31. The van der Waals surface area contributed by atoms with Crippen LogP contribution in [0, 0.1) is 5.82 Å². The van der Waals surface area contributed by atoms with Gasteiger partial charge in [0.2, 0.25) is 5.95 Å². The van der Waals surface area contributed by atoms with Crippen LogP contribution in [0.5, 0.6) is 0 Å². The van der Waals surface area contributed by atoms with Crippen LogP contribution >= 0.6 is 0 Å². The minimum atomic E-state index is -0.311. The Morgan fingerprint density at radius 3 is 2.46 bits per heavy atom. The van der Waals surface area contributed by atoms with Gasteiger partial charge >= 0.3 is 0 Å². The zero-order valence-corrected chi connectivity index (χ0v) is 14.1. The smallest absolute Gasteiger partial charge is 0.240 e. The summed E-state index contributed by atoms with van der Waals surface area (Å²) < 4.78 is 13.3. The molecule has 0 bridgehead atoms. The van der Waals surface area contributed by atoms with Crippen LogP contribution in [0.2, 0.25) is 0 Å². The van der Waals surface area contributed by atoms with Crippen LogP contribution in [0.4, 0.5) is 10.3 Å². The van der Waals surface area contributed by atoms with E-state index in [1.807, 2.05) is 30.5 Å². The number of rotatable bonds is 3. The molecule has 6 heteroatoms. The standard InChI is InChI=1S/C20H16FN5/c1-2-12-9-10-23-17-8-5-14(11-16(12)17)19-18(24-20(22)26-25-19)13-3-6-15(21)7-4-13/h3-11H,2H2,1H3,(H2,22,24,26). The van der Waals surface area contributed by atoms with Crippen molar-refractivity contribution in [2.45, 2.75) is 13.3 Å². The lowest BCUT2D eigenvalue weighted by Crippen LogP contribution is -2.02. The van der Waals surface area contributed by atoms with Gasteiger partial charge in [0, 0.05) is 22.7 Å². The minimum absolute atomic E-state index is 0.0739. The highest BCUT2D eigenvalue weighted by molar-refractivity contribution is 5.89. The number of nitrogens with zero attached hydrogens (tertiary/aromatic N) is 4. The Kier molecular flexibility index (Phi) is 4.01. The fourth-order valence-electron chi connectivity index (χ4n) is 3.00. The van der Waals surface area contributed by atoms with E-state index in [0.29, 0.717) is 11.4 Å². The van der Waals surface area contributed by atoms with Crippen molar-refractivity contribution >= 4 is 16.9 Å². The normalized spacial score (nSPS) is 11.0. The van der Waals surface area contributed by atoms with E-state index < -0.39 is 0 Å². The lowest BCUT2D eigenvalue weighted by molar-refractivity contribution is 0.628. The number of hydrogen-bond acceptors (Lipinski definition) is 5. The monoisotopic (exact) mass is 345 g/mol. The van der Waals surface area contributed by atoms with Crippen molar-refractivity contribution in [1.29, 1.82) is 0 Å². The van der Waals surface area contributed by atoms with E-state index in [0.717, 1.165) is 28.5 Å². The zero-order valence-electron chi connectivity index (χ0n) is 14.1. The van der Waals surface area contributed by atoms with Crippen molar-refractivity contribution in [2.75, 3.05) is 5.73 Å². The topological polar surface area (TPSA) is 77.6 Å². The second-order valence-electron chi connectivity index (χ2n) is 5.93. The van der Waals surface area contributed by atoms with Gasteiger partial charge in [-0.05, 0) is 54.4 Å². The Balaban J connectivity index is 1.93. The van der Waals surface area contributed by atoms with Crippen molar-refractivity contribution < 1.29 is 4.39 Å². The van der Waals surface area contributed by atoms with Crippen LogP contribution in [0.3, 0.4) is 0 Å². The van der Waals surface area contributed by atoms with Crippen LogP contribution in [-0.2, 0) is 6.42 Å². The van der Waals surface area contributed by atoms with E-state index in [1.54, 1.807) is 12.1 Å². The fourth-order valence-corrected chi connectivity index (χ4v) is 3.00. The Bertz CT molecular complexity index is 1090. The molecule has 2 N–H and O–H groups in total. The van der Waals surface area contributed by atoms with Gasteiger partial charge in [0.25, 0.3) is 0 Å². The first-order valence-electron chi connectivity index (χ1n) is 8.30. The molecule has 2 aromatic carbocycles. The van der Waals surface area contributed by atoms with Crippen LogP contribution < -0.4 is 5.73 Å². The summed E-state index contributed by atoms with van der Waals surface area (Å²) >= 11 is 0. The van der Waals surface area contributed by atoms with Crippen LogP contribution in [0.25, 0.3) is 33.4 Å². The Morgan fingerprint density at radius 2 is 1.69 bits per heavy atom. The van der Waals surface area contributed by atoms with Gasteiger partial charge in [-0.1, -0.05) is 13.0 Å². The molecule has 0 spiro atoms. The van der Waals surface area contributed by atoms with E-state index in [9.17, 15) is 4.39 Å². The third kappa shape index (κ3) is 2.86. The number of halogens is 1. The van der Waals surface area contributed by atoms with Gasteiger partial charge in [0.1, 0.15) is 17.2 Å². The average molecular weight is 345 g/mol. The Morgan fingerprint density at radius 1 is 0.923 bits per heavy atom. The number of pyridine rings is 1. The van der Waals surface area contributed by atoms with Gasteiger partial charge in [-0.3, -0.25) is 4.98 Å². The number of aryl methyl sites for hydroxylation is 1. The molecule has 26 heavy (non-hydrogen) atoms. The summed E-state index contributed by atoms with van der Waals surface area (Å²) in [6.07, 6.45) is 2.72. The maximum absolute atomic E-state index is 13.3. The maximum Gasteiger partial charge on any atom is 0.240 e. The predicted octanol–water partition coefficient (Wildman–Crippen LogP) is 4.04. The molecule has 0 aliphatic heterocycles. The van der Waals surface area contributed by atoms with Gasteiger partial charge in [0.15, 0.2) is 0 Å². The molecule has 0 saturated heterocycles. The van der Waals surface area contributed by atoms with E-state index >= 15 is 0 Å². The molecule has 4 rings (SSSR count). The van der Waals surface area contributed by atoms with Crippen molar-refractivity contribution in [3.63, 3.8) is 0 Å². The summed E-state index contributed by atoms with van der Waals surface area (Å²) in [4.78, 5) is 8.75. The lowest BCUT2D eigenvalue weighted by Gasteiger charge is -2.10. The number of fused-ring (bicyclic) bond motifs is 1. The molecule has 2 aromatic heterocycles. The highest BCUT2D eigenvalue weighted by atomic mass is 19.1. The average Bonchev–Trinajstić information content (AvgIpc) is 2.67. The molecule has 0 aliphatic rings. The molecule has 0 atom stereocenters. The summed E-state index contributed by atoms with van der Waals surface area (Å²) in [5.74, 6) is -0.237. The van der Waals surface area contributed by atoms with Crippen molar-refractivity contribution in [2.24, 2.45) is 0 Å². The minimum Gasteiger partial charge on any atom is -0.366 e. The molecule has 0 radical (unpaired) electrons. The van der Waals surface area contributed by atoms with Gasteiger partial charge in [-0.2, -0.15) is 0 Å². The number of nitrogens with two attached hydrogens (primary N) is 1. The van der Waals surface area contributed by atoms with Gasteiger partial charge in [-0.15, -0.1) is 10.2 Å². The second kappa shape index (κ2) is 6.48. The van der Waals surface area contributed by atoms with Crippen molar-refractivity contribution in [1.82, 2.24) is 20.2 Å². The zero-order chi connectivity index (χ0) is 18.1. The summed E-state index contributed by atoms with van der Waals surface area (Å²) in [5.41, 5.74) is 10.6. The maximum atomic E-state index is 13.3. The highest BCUT2D eigenvalue weighted by Gasteiger charge is 2.14. The van der Waals surface area contributed by atoms with E-state index in [1.165, 1.54) is 17.7 Å². The summed E-state index contributed by atoms with van der Waals surface area (Å²) in [6.45, 7) is 2.11. The number of anilines is 1. The number of benzene rings is 2. The molecule has 0 unspecified atom stereocenters. The van der Waals surface area contributed by atoms with Gasteiger partial charge in [0.05, 0.1) is 5.52 Å². The van der Waals surface area contributed by atoms with Crippen LogP contribution in [0.1, 0.15) is 12.5 Å². The largest absolute Gasteiger partial charge is 0.366 e. The molecule has 0 fully saturated rings. The first kappa shape index (κ1) is 16.1. The van der Waals surface area contributed by atoms with Crippen LogP contribution in [-0.4, -0.2) is 20.2 Å². The molecular formula is C20H16FN5. The first-order valence-corrected chi connectivity index (χ1v) is 8.30. The van der Waals surface area contributed by atoms with Gasteiger partial charge < -0.3 is 5.73 Å². The first-order chi connectivity index (χ1) is 12.7. The van der Waals surface area contributed by atoms with Crippen LogP contribution in [0.15, 0.2) is 54.7 Å². The number of hydrogen-bond donors (Lipinski definition) is 1. The number of nitrogen functional groups attached to an aromatic ring is 1. The molecule has 5 nitrogen and oxygen atoms in total. The van der Waals surface area contributed by atoms with E-state index in [2.05, 4.69) is 27.1 Å². The van der Waals surface area contributed by atoms with Crippen molar-refractivity contribution in [3.05, 3.63) is 66.1 Å². The predicted molar refractivity (Wildman–Crippen MR) is 99.7 cm³/mol. The third-order valence-corrected chi connectivity index (χ3v) is 4.31. The molecule has 0 saturated carbocycles. The molecule has 4 aromatic rings. The molecular weight excluding hydrogens is 329 g/mol. The summed E-state index contributed by atoms with van der Waals surface area (Å²) in [7, 11) is 0. The van der Waals surface area contributed by atoms with Gasteiger partial charge in [-0.25, -0.2) is 9.37 Å². The number of aromatic nitrogens is 4. The van der Waals surface area contributed by atoms with E-state index in [4.69, 9.17) is 5.73 Å². The Hall–Kier alpha value is -3.41. The SMILES string of the molecule is CCc1ccnc2ccc(-c3nnc(N)nc3-c3ccc(F)cc3)cc12. The Labute approximate surface area is 149 Å². The molecule has 2 heterocycles. The van der Waals surface area contributed by atoms with E-state index in [-0.39, 0.29) is 11.8 Å². The fraction of sp³-hybridized carbons (Fsp3) is 0.100. The summed E-state index contributed by atoms with van der Waals surface area (Å²) in [6, 6.07) is 14.0.